The van der Waals surface area contributed by atoms with E-state index in [-0.39, 0.29) is 5.91 Å². The molecule has 0 aliphatic carbocycles. The van der Waals surface area contributed by atoms with Crippen molar-refractivity contribution in [1.29, 1.82) is 0 Å². The maximum atomic E-state index is 12.9. The zero-order valence-electron chi connectivity index (χ0n) is 16.5. The SMILES string of the molecule is Cc1ccccc1OCCN1CCN(C(=O)c2cccc(-c3ncn[nH]3)c2)CC1. The summed E-state index contributed by atoms with van der Waals surface area (Å²) in [6.07, 6.45) is 1.46. The summed E-state index contributed by atoms with van der Waals surface area (Å²) in [7, 11) is 0. The molecule has 0 saturated carbocycles. The van der Waals surface area contributed by atoms with Gasteiger partial charge in [-0.2, -0.15) is 5.10 Å². The number of amides is 1. The minimum Gasteiger partial charge on any atom is -0.492 e. The number of aromatic nitrogens is 3. The van der Waals surface area contributed by atoms with E-state index in [1.54, 1.807) is 0 Å². The molecule has 1 aliphatic rings. The molecule has 1 N–H and O–H groups in total. The smallest absolute Gasteiger partial charge is 0.253 e. The van der Waals surface area contributed by atoms with Crippen LogP contribution in [0.1, 0.15) is 15.9 Å². The lowest BCUT2D eigenvalue weighted by Gasteiger charge is -2.34. The first-order valence-electron chi connectivity index (χ1n) is 9.86. The lowest BCUT2D eigenvalue weighted by atomic mass is 10.1. The van der Waals surface area contributed by atoms with Crippen LogP contribution in [0.3, 0.4) is 0 Å². The minimum atomic E-state index is 0.0576. The van der Waals surface area contributed by atoms with Crippen LogP contribution in [0.4, 0.5) is 0 Å². The molecular formula is C22H25N5O2. The summed E-state index contributed by atoms with van der Waals surface area (Å²) >= 11 is 0. The second-order valence-corrected chi connectivity index (χ2v) is 7.16. The van der Waals surface area contributed by atoms with Crippen molar-refractivity contribution >= 4 is 5.91 Å². The number of hydrogen-bond acceptors (Lipinski definition) is 5. The first-order chi connectivity index (χ1) is 14.2. The van der Waals surface area contributed by atoms with Crippen molar-refractivity contribution in [3.05, 3.63) is 66.0 Å². The summed E-state index contributed by atoms with van der Waals surface area (Å²) in [5, 5.41) is 6.71. The number of carbonyl (C=O) groups is 1. The standard InChI is InChI=1S/C22H25N5O2/c1-17-5-2-3-8-20(17)29-14-13-26-9-11-27(12-10-26)22(28)19-7-4-6-18(15-19)21-23-16-24-25-21/h2-8,15-16H,9-14H2,1H3,(H,23,24,25). The van der Waals surface area contributed by atoms with Crippen LogP contribution in [0.15, 0.2) is 54.9 Å². The molecule has 1 amide bonds. The van der Waals surface area contributed by atoms with Crippen LogP contribution in [0.2, 0.25) is 0 Å². The van der Waals surface area contributed by atoms with Gasteiger partial charge in [0.25, 0.3) is 5.91 Å². The number of aryl methyl sites for hydroxylation is 1. The summed E-state index contributed by atoms with van der Waals surface area (Å²) in [5.74, 6) is 1.66. The normalized spacial score (nSPS) is 14.7. The zero-order chi connectivity index (χ0) is 20.1. The molecule has 3 aromatic rings. The predicted molar refractivity (Wildman–Crippen MR) is 111 cm³/mol. The second kappa shape index (κ2) is 8.87. The van der Waals surface area contributed by atoms with Gasteiger partial charge in [0.15, 0.2) is 5.82 Å². The third kappa shape index (κ3) is 4.63. The highest BCUT2D eigenvalue weighted by molar-refractivity contribution is 5.95. The monoisotopic (exact) mass is 391 g/mol. The lowest BCUT2D eigenvalue weighted by molar-refractivity contribution is 0.0620. The Balaban J connectivity index is 1.28. The maximum Gasteiger partial charge on any atom is 0.253 e. The van der Waals surface area contributed by atoms with Gasteiger partial charge >= 0.3 is 0 Å². The van der Waals surface area contributed by atoms with Crippen LogP contribution in [0, 0.1) is 6.92 Å². The van der Waals surface area contributed by atoms with E-state index in [0.717, 1.165) is 49.6 Å². The van der Waals surface area contributed by atoms with Crippen molar-refractivity contribution in [1.82, 2.24) is 25.0 Å². The largest absolute Gasteiger partial charge is 0.492 e. The third-order valence-electron chi connectivity index (χ3n) is 5.22. The lowest BCUT2D eigenvalue weighted by Crippen LogP contribution is -2.49. The van der Waals surface area contributed by atoms with Gasteiger partial charge in [-0.1, -0.05) is 30.3 Å². The predicted octanol–water partition coefficient (Wildman–Crippen LogP) is 2.62. The van der Waals surface area contributed by atoms with Crippen molar-refractivity contribution in [2.24, 2.45) is 0 Å². The van der Waals surface area contributed by atoms with E-state index < -0.39 is 0 Å². The van der Waals surface area contributed by atoms with Gasteiger partial charge in [0.2, 0.25) is 0 Å². The first-order valence-corrected chi connectivity index (χ1v) is 9.86. The van der Waals surface area contributed by atoms with Crippen LogP contribution in [0.25, 0.3) is 11.4 Å². The van der Waals surface area contributed by atoms with Crippen molar-refractivity contribution in [2.75, 3.05) is 39.3 Å². The Morgan fingerprint density at radius 1 is 1.10 bits per heavy atom. The number of ether oxygens (including phenoxy) is 1. The number of carbonyl (C=O) groups excluding carboxylic acids is 1. The molecule has 0 unspecified atom stereocenters. The molecule has 1 saturated heterocycles. The Morgan fingerprint density at radius 3 is 2.69 bits per heavy atom. The summed E-state index contributed by atoms with van der Waals surface area (Å²) < 4.78 is 5.90. The highest BCUT2D eigenvalue weighted by Gasteiger charge is 2.22. The maximum absolute atomic E-state index is 12.9. The number of benzene rings is 2. The zero-order valence-corrected chi connectivity index (χ0v) is 16.5. The topological polar surface area (TPSA) is 74.3 Å². The fourth-order valence-corrected chi connectivity index (χ4v) is 3.50. The number of nitrogens with one attached hydrogen (secondary N) is 1. The molecule has 2 aromatic carbocycles. The van der Waals surface area contributed by atoms with Gasteiger partial charge in [0.1, 0.15) is 18.7 Å². The van der Waals surface area contributed by atoms with Crippen LogP contribution in [0.5, 0.6) is 5.75 Å². The van der Waals surface area contributed by atoms with Crippen LogP contribution >= 0.6 is 0 Å². The Hall–Kier alpha value is -3.19. The number of rotatable bonds is 6. The van der Waals surface area contributed by atoms with Gasteiger partial charge in [-0.25, -0.2) is 4.98 Å². The molecule has 2 heterocycles. The van der Waals surface area contributed by atoms with Crippen molar-refractivity contribution in [3.8, 4) is 17.1 Å². The van der Waals surface area contributed by atoms with E-state index in [2.05, 4.69) is 33.1 Å². The molecule has 7 heteroatoms. The molecule has 0 spiro atoms. The summed E-state index contributed by atoms with van der Waals surface area (Å²) in [6, 6.07) is 15.6. The molecule has 4 rings (SSSR count). The third-order valence-corrected chi connectivity index (χ3v) is 5.22. The van der Waals surface area contributed by atoms with E-state index >= 15 is 0 Å². The second-order valence-electron chi connectivity index (χ2n) is 7.16. The van der Waals surface area contributed by atoms with Gasteiger partial charge in [-0.3, -0.25) is 14.8 Å². The van der Waals surface area contributed by atoms with Crippen LogP contribution < -0.4 is 4.74 Å². The first kappa shape index (κ1) is 19.1. The number of para-hydroxylation sites is 1. The average molecular weight is 391 g/mol. The van der Waals surface area contributed by atoms with Crippen molar-refractivity contribution < 1.29 is 9.53 Å². The number of H-pyrrole nitrogens is 1. The summed E-state index contributed by atoms with van der Waals surface area (Å²) in [5.41, 5.74) is 2.69. The van der Waals surface area contributed by atoms with Crippen molar-refractivity contribution in [2.45, 2.75) is 6.92 Å². The van der Waals surface area contributed by atoms with Gasteiger partial charge in [-0.15, -0.1) is 0 Å². The van der Waals surface area contributed by atoms with Gasteiger partial charge in [-0.05, 0) is 30.7 Å². The van der Waals surface area contributed by atoms with Crippen LogP contribution in [-0.4, -0.2) is 70.2 Å². The Labute approximate surface area is 170 Å². The minimum absolute atomic E-state index is 0.0576. The molecule has 29 heavy (non-hydrogen) atoms. The quantitative estimate of drug-likeness (QED) is 0.699. The van der Waals surface area contributed by atoms with E-state index in [0.29, 0.717) is 18.0 Å². The Morgan fingerprint density at radius 2 is 1.93 bits per heavy atom. The van der Waals surface area contributed by atoms with E-state index in [9.17, 15) is 4.79 Å². The number of hydrogen-bond donors (Lipinski definition) is 1. The molecule has 0 radical (unpaired) electrons. The van der Waals surface area contributed by atoms with Crippen LogP contribution in [-0.2, 0) is 0 Å². The highest BCUT2D eigenvalue weighted by Crippen LogP contribution is 2.18. The molecule has 0 bridgehead atoms. The van der Waals surface area contributed by atoms with E-state index in [4.69, 9.17) is 4.74 Å². The molecule has 1 aromatic heterocycles. The number of piperazine rings is 1. The highest BCUT2D eigenvalue weighted by atomic mass is 16.5. The van der Waals surface area contributed by atoms with E-state index in [1.165, 1.54) is 6.33 Å². The van der Waals surface area contributed by atoms with E-state index in [1.807, 2.05) is 47.4 Å². The fourth-order valence-electron chi connectivity index (χ4n) is 3.50. The summed E-state index contributed by atoms with van der Waals surface area (Å²) in [4.78, 5) is 21.3. The van der Waals surface area contributed by atoms with Crippen molar-refractivity contribution in [3.63, 3.8) is 0 Å². The number of aromatic amines is 1. The summed E-state index contributed by atoms with van der Waals surface area (Å²) in [6.45, 7) is 6.70. The van der Waals surface area contributed by atoms with Gasteiger partial charge in [0, 0.05) is 43.9 Å². The molecular weight excluding hydrogens is 366 g/mol. The molecule has 7 nitrogen and oxygen atoms in total. The molecule has 150 valence electrons. The molecule has 1 aliphatic heterocycles. The Bertz CT molecular complexity index is 949. The number of nitrogens with zero attached hydrogens (tertiary/aromatic N) is 4. The molecule has 1 fully saturated rings. The van der Waals surface area contributed by atoms with Gasteiger partial charge in [0.05, 0.1) is 0 Å². The fraction of sp³-hybridized carbons (Fsp3) is 0.318. The van der Waals surface area contributed by atoms with Gasteiger partial charge < -0.3 is 9.64 Å². The molecule has 0 atom stereocenters. The Kier molecular flexibility index (Phi) is 5.86. The average Bonchev–Trinajstić information content (AvgIpc) is 3.30.